The Kier molecular flexibility index (Phi) is 7.86. The number of aromatic nitrogens is 4. The van der Waals surface area contributed by atoms with Gasteiger partial charge in [0, 0.05) is 53.4 Å². The van der Waals surface area contributed by atoms with Crippen molar-refractivity contribution in [3.63, 3.8) is 0 Å². The average molecular weight is 564 g/mol. The number of benzene rings is 2. The molecular weight excluding hydrogens is 531 g/mol. The van der Waals surface area contributed by atoms with Crippen LogP contribution in [0.1, 0.15) is 12.8 Å². The number of anilines is 2. The van der Waals surface area contributed by atoms with Crippen molar-refractivity contribution in [2.24, 2.45) is 11.8 Å². The fourth-order valence-electron chi connectivity index (χ4n) is 5.62. The third kappa shape index (κ3) is 5.37. The first-order chi connectivity index (χ1) is 19.6. The Morgan fingerprint density at radius 1 is 0.750 bits per heavy atom. The molecule has 12 heteroatoms. The molecule has 2 aromatic carbocycles. The van der Waals surface area contributed by atoms with Crippen LogP contribution in [0, 0.1) is 11.8 Å². The van der Waals surface area contributed by atoms with Gasteiger partial charge in [0.25, 0.3) is 0 Å². The van der Waals surface area contributed by atoms with Crippen molar-refractivity contribution >= 4 is 41.7 Å². The molecule has 4 heterocycles. The first-order valence-electron chi connectivity index (χ1n) is 13.4. The van der Waals surface area contributed by atoms with Gasteiger partial charge >= 0.3 is 8.25 Å². The van der Waals surface area contributed by atoms with Crippen LogP contribution < -0.4 is 19.3 Å². The van der Waals surface area contributed by atoms with Crippen molar-refractivity contribution in [1.82, 2.24) is 19.9 Å². The van der Waals surface area contributed by atoms with Gasteiger partial charge in [0.15, 0.2) is 0 Å². The second-order valence-corrected chi connectivity index (χ2v) is 11.1. The summed E-state index contributed by atoms with van der Waals surface area (Å²) >= 11 is 0. The van der Waals surface area contributed by atoms with Gasteiger partial charge in [-0.2, -0.15) is 0 Å². The highest BCUT2D eigenvalue weighted by Gasteiger charge is 2.32. The number of rotatable bonds is 10. The molecule has 0 bridgehead atoms. The summed E-state index contributed by atoms with van der Waals surface area (Å²) in [6.45, 7) is 3.98. The van der Waals surface area contributed by atoms with Gasteiger partial charge in [-0.25, -0.2) is 19.9 Å². The number of para-hydroxylation sites is 2. The third-order valence-electron chi connectivity index (χ3n) is 7.66. The standard InChI is InChI=1S/C28H32N6O5P/c1-36-23-7-3-5-21-25(23)29-17-31-27(21)33-11-9-19(13-33)15-38-40(35)39-16-20-10-12-34(14-20)28-22-6-4-8-24(37-2)26(22)30-18-32-28/h3-8,17-20H,9-16H2,1-2H3/q+1. The van der Waals surface area contributed by atoms with Crippen LogP contribution in [0.2, 0.25) is 0 Å². The maximum Gasteiger partial charge on any atom is 0.697 e. The molecular formula is C28H32N6O5P+. The molecule has 2 aliphatic rings. The lowest BCUT2D eigenvalue weighted by atomic mass is 10.1. The Labute approximate surface area is 233 Å². The second-order valence-electron chi connectivity index (χ2n) is 10.1. The van der Waals surface area contributed by atoms with Gasteiger partial charge in [0.2, 0.25) is 0 Å². The van der Waals surface area contributed by atoms with E-state index in [-0.39, 0.29) is 11.8 Å². The van der Waals surface area contributed by atoms with Gasteiger partial charge < -0.3 is 19.3 Å². The molecule has 2 aromatic heterocycles. The van der Waals surface area contributed by atoms with Crippen molar-refractivity contribution < 1.29 is 23.1 Å². The van der Waals surface area contributed by atoms with E-state index < -0.39 is 8.25 Å². The average Bonchev–Trinajstić information content (AvgIpc) is 3.68. The number of fused-ring (bicyclic) bond motifs is 2. The normalized spacial score (nSPS) is 19.5. The fourth-order valence-corrected chi connectivity index (χ4v) is 6.36. The summed E-state index contributed by atoms with van der Waals surface area (Å²) in [4.78, 5) is 22.3. The molecule has 208 valence electrons. The van der Waals surface area contributed by atoms with Gasteiger partial charge in [-0.3, -0.25) is 0 Å². The summed E-state index contributed by atoms with van der Waals surface area (Å²) in [6, 6.07) is 11.7. The summed E-state index contributed by atoms with van der Waals surface area (Å²) in [5.41, 5.74) is 1.59. The molecule has 0 spiro atoms. The van der Waals surface area contributed by atoms with E-state index in [0.29, 0.717) is 13.2 Å². The molecule has 0 N–H and O–H groups in total. The first kappa shape index (κ1) is 26.6. The fraction of sp³-hybridized carbons (Fsp3) is 0.429. The van der Waals surface area contributed by atoms with Crippen molar-refractivity contribution in [3.05, 3.63) is 49.1 Å². The van der Waals surface area contributed by atoms with Crippen LogP contribution in [0.15, 0.2) is 49.1 Å². The van der Waals surface area contributed by atoms with E-state index in [1.54, 1.807) is 26.9 Å². The SMILES string of the molecule is COc1cccc2c(N3CCC(CO[P+](=O)OCC4CCN(c5ncnc6c(OC)cccc56)C4)C3)ncnc12. The van der Waals surface area contributed by atoms with Crippen molar-refractivity contribution in [1.29, 1.82) is 0 Å². The topological polar surface area (TPSA) is 112 Å². The van der Waals surface area contributed by atoms with E-state index in [0.717, 1.165) is 84.0 Å². The molecule has 6 rings (SSSR count). The Morgan fingerprint density at radius 3 is 1.68 bits per heavy atom. The highest BCUT2D eigenvalue weighted by Crippen LogP contribution is 2.35. The van der Waals surface area contributed by atoms with Crippen LogP contribution >= 0.6 is 8.25 Å². The lowest BCUT2D eigenvalue weighted by Gasteiger charge is -2.19. The lowest BCUT2D eigenvalue weighted by Crippen LogP contribution is -2.22. The number of methoxy groups -OCH3 is 2. The molecule has 0 saturated carbocycles. The minimum absolute atomic E-state index is 0.239. The molecule has 2 unspecified atom stereocenters. The highest BCUT2D eigenvalue weighted by molar-refractivity contribution is 7.33. The smallest absolute Gasteiger partial charge is 0.494 e. The van der Waals surface area contributed by atoms with E-state index in [9.17, 15) is 4.57 Å². The first-order valence-corrected chi connectivity index (χ1v) is 14.5. The van der Waals surface area contributed by atoms with Crippen LogP contribution in [0.4, 0.5) is 11.6 Å². The summed E-state index contributed by atoms with van der Waals surface area (Å²) < 4.78 is 34.8. The summed E-state index contributed by atoms with van der Waals surface area (Å²) in [5.74, 6) is 3.70. The molecule has 0 amide bonds. The molecule has 11 nitrogen and oxygen atoms in total. The zero-order chi connectivity index (χ0) is 27.5. The lowest BCUT2D eigenvalue weighted by molar-refractivity contribution is 0.185. The zero-order valence-corrected chi connectivity index (χ0v) is 23.5. The molecule has 2 fully saturated rings. The van der Waals surface area contributed by atoms with E-state index >= 15 is 0 Å². The van der Waals surface area contributed by atoms with Crippen LogP contribution in [-0.4, -0.2) is 73.5 Å². The van der Waals surface area contributed by atoms with Gasteiger partial charge in [0.1, 0.15) is 60.0 Å². The third-order valence-corrected chi connectivity index (χ3v) is 8.38. The number of hydrogen-bond donors (Lipinski definition) is 0. The van der Waals surface area contributed by atoms with Gasteiger partial charge in [-0.1, -0.05) is 12.1 Å². The Morgan fingerprint density at radius 2 is 1.23 bits per heavy atom. The molecule has 4 aromatic rings. The predicted octanol–water partition coefficient (Wildman–Crippen LogP) is 4.63. The van der Waals surface area contributed by atoms with Crippen LogP contribution in [-0.2, 0) is 13.6 Å². The molecule has 0 radical (unpaired) electrons. The molecule has 2 saturated heterocycles. The second kappa shape index (κ2) is 11.8. The van der Waals surface area contributed by atoms with E-state index in [2.05, 4.69) is 29.7 Å². The Hall–Kier alpha value is -3.66. The van der Waals surface area contributed by atoms with Crippen molar-refractivity contribution in [2.75, 3.05) is 63.4 Å². The zero-order valence-electron chi connectivity index (χ0n) is 22.6. The van der Waals surface area contributed by atoms with Gasteiger partial charge in [-0.15, -0.1) is 9.05 Å². The molecule has 0 aliphatic carbocycles. The van der Waals surface area contributed by atoms with Crippen LogP contribution in [0.5, 0.6) is 11.5 Å². The summed E-state index contributed by atoms with van der Waals surface area (Å²) in [6.07, 6.45) is 4.99. The predicted molar refractivity (Wildman–Crippen MR) is 152 cm³/mol. The van der Waals surface area contributed by atoms with E-state index in [1.807, 2.05) is 36.4 Å². The Balaban J connectivity index is 0.988. The summed E-state index contributed by atoms with van der Waals surface area (Å²) in [7, 11) is 1.09. The van der Waals surface area contributed by atoms with Crippen LogP contribution in [0.3, 0.4) is 0 Å². The maximum absolute atomic E-state index is 12.6. The monoisotopic (exact) mass is 563 g/mol. The van der Waals surface area contributed by atoms with Crippen molar-refractivity contribution in [2.45, 2.75) is 12.8 Å². The van der Waals surface area contributed by atoms with E-state index in [1.165, 1.54) is 0 Å². The number of nitrogens with zero attached hydrogens (tertiary/aromatic N) is 6. The van der Waals surface area contributed by atoms with Crippen LogP contribution in [0.25, 0.3) is 21.8 Å². The van der Waals surface area contributed by atoms with E-state index in [4.69, 9.17) is 18.5 Å². The minimum Gasteiger partial charge on any atom is -0.494 e. The minimum atomic E-state index is -2.19. The molecule has 2 aliphatic heterocycles. The Bertz CT molecular complexity index is 1410. The molecule has 2 atom stereocenters. The largest absolute Gasteiger partial charge is 0.697 e. The number of ether oxygens (including phenoxy) is 2. The van der Waals surface area contributed by atoms with Gasteiger partial charge in [-0.05, 0) is 37.1 Å². The van der Waals surface area contributed by atoms with Crippen molar-refractivity contribution in [3.8, 4) is 11.5 Å². The molecule has 40 heavy (non-hydrogen) atoms. The number of hydrogen-bond acceptors (Lipinski definition) is 11. The highest BCUT2D eigenvalue weighted by atomic mass is 31.1. The quantitative estimate of drug-likeness (QED) is 0.252. The van der Waals surface area contributed by atoms with Gasteiger partial charge in [0.05, 0.1) is 14.2 Å². The summed E-state index contributed by atoms with van der Waals surface area (Å²) in [5, 5.41) is 1.91. The maximum atomic E-state index is 12.6.